The van der Waals surface area contributed by atoms with Gasteiger partial charge in [-0.05, 0) is 25.8 Å². The molecule has 0 aromatic rings. The summed E-state index contributed by atoms with van der Waals surface area (Å²) in [6.45, 7) is 7.16. The van der Waals surface area contributed by atoms with Crippen molar-refractivity contribution in [2.75, 3.05) is 19.6 Å². The molecule has 0 bridgehead atoms. The van der Waals surface area contributed by atoms with E-state index in [1.807, 2.05) is 0 Å². The summed E-state index contributed by atoms with van der Waals surface area (Å²) in [7, 11) is 0. The van der Waals surface area contributed by atoms with E-state index in [9.17, 15) is 0 Å². The molecule has 0 heterocycles. The van der Waals surface area contributed by atoms with Crippen LogP contribution in [0.2, 0.25) is 0 Å². The summed E-state index contributed by atoms with van der Waals surface area (Å²) in [6, 6.07) is 0.331. The van der Waals surface area contributed by atoms with Crippen molar-refractivity contribution in [3.05, 3.63) is 0 Å². The Kier molecular flexibility index (Phi) is 7.77. The lowest BCUT2D eigenvalue weighted by atomic mass is 10.1. The molecule has 76 valence electrons. The van der Waals surface area contributed by atoms with Gasteiger partial charge < -0.3 is 5.73 Å². The van der Waals surface area contributed by atoms with E-state index in [-0.39, 0.29) is 0 Å². The van der Waals surface area contributed by atoms with Gasteiger partial charge in [-0.3, -0.25) is 4.90 Å². The van der Waals surface area contributed by atoms with Crippen molar-refractivity contribution in [2.24, 2.45) is 5.73 Å². The van der Waals surface area contributed by atoms with E-state index in [2.05, 4.69) is 24.7 Å². The maximum Gasteiger partial charge on any atom is 0.0598 e. The molecule has 0 aliphatic rings. The van der Waals surface area contributed by atoms with Crippen molar-refractivity contribution in [1.29, 1.82) is 0 Å². The molecule has 0 rings (SSSR count). The molecule has 1 atom stereocenters. The number of terminal acetylenes is 1. The topological polar surface area (TPSA) is 29.3 Å². The maximum atomic E-state index is 5.84. The van der Waals surface area contributed by atoms with E-state index < -0.39 is 0 Å². The third kappa shape index (κ3) is 6.62. The van der Waals surface area contributed by atoms with E-state index in [1.54, 1.807) is 0 Å². The van der Waals surface area contributed by atoms with Gasteiger partial charge in [0.25, 0.3) is 0 Å². The zero-order chi connectivity index (χ0) is 10.1. The predicted molar refractivity (Wildman–Crippen MR) is 58.4 cm³/mol. The summed E-state index contributed by atoms with van der Waals surface area (Å²) in [5.41, 5.74) is 5.84. The number of rotatable bonds is 7. The Labute approximate surface area is 82.5 Å². The van der Waals surface area contributed by atoms with E-state index in [4.69, 9.17) is 12.2 Å². The van der Waals surface area contributed by atoms with Crippen molar-refractivity contribution < 1.29 is 0 Å². The molecule has 0 aromatic carbocycles. The maximum absolute atomic E-state index is 5.84. The zero-order valence-electron chi connectivity index (χ0n) is 8.92. The SMILES string of the molecule is C#CCN(CCC)CCC(N)CC. The molecule has 0 amide bonds. The lowest BCUT2D eigenvalue weighted by Gasteiger charge is -2.20. The fraction of sp³-hybridized carbons (Fsp3) is 0.818. The number of nitrogens with zero attached hydrogens (tertiary/aromatic N) is 1. The summed E-state index contributed by atoms with van der Waals surface area (Å²) in [4.78, 5) is 2.29. The molecule has 0 fully saturated rings. The van der Waals surface area contributed by atoms with Crippen LogP contribution in [-0.4, -0.2) is 30.6 Å². The van der Waals surface area contributed by atoms with Crippen LogP contribution in [0.25, 0.3) is 0 Å². The Morgan fingerprint density at radius 3 is 2.54 bits per heavy atom. The second-order valence-electron chi connectivity index (χ2n) is 3.44. The summed E-state index contributed by atoms with van der Waals surface area (Å²) in [5.74, 6) is 2.68. The highest BCUT2D eigenvalue weighted by Gasteiger charge is 2.04. The fourth-order valence-corrected chi connectivity index (χ4v) is 1.27. The van der Waals surface area contributed by atoms with Crippen LogP contribution >= 0.6 is 0 Å². The van der Waals surface area contributed by atoms with E-state index in [1.165, 1.54) is 0 Å². The summed E-state index contributed by atoms with van der Waals surface area (Å²) >= 11 is 0. The molecule has 2 nitrogen and oxygen atoms in total. The lowest BCUT2D eigenvalue weighted by molar-refractivity contribution is 0.292. The Balaban J connectivity index is 3.62. The first-order valence-electron chi connectivity index (χ1n) is 5.15. The van der Waals surface area contributed by atoms with Crippen LogP contribution in [0.15, 0.2) is 0 Å². The van der Waals surface area contributed by atoms with Gasteiger partial charge in [0.15, 0.2) is 0 Å². The molecule has 0 saturated carbocycles. The van der Waals surface area contributed by atoms with Crippen LogP contribution in [-0.2, 0) is 0 Å². The molecule has 2 heteroatoms. The normalized spacial score (nSPS) is 12.8. The van der Waals surface area contributed by atoms with Crippen molar-refractivity contribution in [3.8, 4) is 12.3 Å². The Morgan fingerprint density at radius 2 is 2.08 bits per heavy atom. The number of hydrogen-bond donors (Lipinski definition) is 1. The quantitative estimate of drug-likeness (QED) is 0.604. The largest absolute Gasteiger partial charge is 0.328 e. The molecule has 0 aliphatic carbocycles. The predicted octanol–water partition coefficient (Wildman–Crippen LogP) is 1.46. The third-order valence-electron chi connectivity index (χ3n) is 2.20. The summed E-state index contributed by atoms with van der Waals surface area (Å²) in [5, 5.41) is 0. The van der Waals surface area contributed by atoms with Gasteiger partial charge in [0.05, 0.1) is 6.54 Å². The van der Waals surface area contributed by atoms with Crippen LogP contribution in [0.4, 0.5) is 0 Å². The van der Waals surface area contributed by atoms with Crippen LogP contribution in [0.3, 0.4) is 0 Å². The minimum Gasteiger partial charge on any atom is -0.328 e. The second kappa shape index (κ2) is 8.10. The van der Waals surface area contributed by atoms with Crippen LogP contribution in [0, 0.1) is 12.3 Å². The van der Waals surface area contributed by atoms with Gasteiger partial charge in [-0.25, -0.2) is 0 Å². The van der Waals surface area contributed by atoms with Gasteiger partial charge in [-0.2, -0.15) is 0 Å². The highest BCUT2D eigenvalue weighted by Crippen LogP contribution is 1.98. The number of nitrogens with two attached hydrogens (primary N) is 1. The molecule has 0 spiro atoms. The molecule has 0 radical (unpaired) electrons. The van der Waals surface area contributed by atoms with Crippen LogP contribution < -0.4 is 5.73 Å². The Hall–Kier alpha value is -0.520. The highest BCUT2D eigenvalue weighted by atomic mass is 15.1. The number of hydrogen-bond acceptors (Lipinski definition) is 2. The smallest absolute Gasteiger partial charge is 0.0598 e. The first-order chi connectivity index (χ1) is 6.24. The molecular weight excluding hydrogens is 160 g/mol. The molecule has 0 aliphatic heterocycles. The molecule has 0 aromatic heterocycles. The highest BCUT2D eigenvalue weighted by molar-refractivity contribution is 4.88. The Bertz CT molecular complexity index is 149. The lowest BCUT2D eigenvalue weighted by Crippen LogP contribution is -2.31. The average Bonchev–Trinajstić information content (AvgIpc) is 2.14. The first kappa shape index (κ1) is 12.5. The molecule has 0 saturated heterocycles. The first-order valence-corrected chi connectivity index (χ1v) is 5.15. The molecular formula is C11H22N2. The van der Waals surface area contributed by atoms with Crippen molar-refractivity contribution in [2.45, 2.75) is 39.2 Å². The van der Waals surface area contributed by atoms with Crippen LogP contribution in [0.5, 0.6) is 0 Å². The van der Waals surface area contributed by atoms with E-state index in [0.29, 0.717) is 6.04 Å². The molecule has 2 N–H and O–H groups in total. The minimum atomic E-state index is 0.331. The minimum absolute atomic E-state index is 0.331. The van der Waals surface area contributed by atoms with E-state index >= 15 is 0 Å². The van der Waals surface area contributed by atoms with Crippen molar-refractivity contribution >= 4 is 0 Å². The van der Waals surface area contributed by atoms with Crippen LogP contribution in [0.1, 0.15) is 33.1 Å². The van der Waals surface area contributed by atoms with Gasteiger partial charge in [0, 0.05) is 12.6 Å². The monoisotopic (exact) mass is 182 g/mol. The van der Waals surface area contributed by atoms with Crippen molar-refractivity contribution in [1.82, 2.24) is 4.90 Å². The summed E-state index contributed by atoms with van der Waals surface area (Å²) in [6.07, 6.45) is 8.54. The second-order valence-corrected chi connectivity index (χ2v) is 3.44. The fourth-order valence-electron chi connectivity index (χ4n) is 1.27. The van der Waals surface area contributed by atoms with Gasteiger partial charge in [-0.15, -0.1) is 6.42 Å². The molecule has 1 unspecified atom stereocenters. The zero-order valence-corrected chi connectivity index (χ0v) is 8.92. The van der Waals surface area contributed by atoms with E-state index in [0.717, 1.165) is 38.9 Å². The van der Waals surface area contributed by atoms with Crippen molar-refractivity contribution in [3.63, 3.8) is 0 Å². The summed E-state index contributed by atoms with van der Waals surface area (Å²) < 4.78 is 0. The van der Waals surface area contributed by atoms with Gasteiger partial charge in [0.1, 0.15) is 0 Å². The van der Waals surface area contributed by atoms with Gasteiger partial charge in [0.2, 0.25) is 0 Å². The average molecular weight is 182 g/mol. The third-order valence-corrected chi connectivity index (χ3v) is 2.20. The standard InChI is InChI=1S/C11H22N2/c1-4-8-13(9-5-2)10-7-11(12)6-3/h1,11H,5-10,12H2,2-3H3. The Morgan fingerprint density at radius 1 is 1.38 bits per heavy atom. The van der Waals surface area contributed by atoms with Gasteiger partial charge in [-0.1, -0.05) is 19.8 Å². The molecule has 13 heavy (non-hydrogen) atoms. The van der Waals surface area contributed by atoms with Gasteiger partial charge >= 0.3 is 0 Å².